The van der Waals surface area contributed by atoms with Gasteiger partial charge in [0.25, 0.3) is 10.1 Å². The van der Waals surface area contributed by atoms with Crippen LogP contribution in [0.25, 0.3) is 0 Å². The zero-order valence-corrected chi connectivity index (χ0v) is 16.4. The summed E-state index contributed by atoms with van der Waals surface area (Å²) in [5.41, 5.74) is 6.14. The fraction of sp³-hybridized carbons (Fsp3) is 0.385. The number of nitrogens with two attached hydrogens (primary N) is 1. The number of ketones is 1. The molecule has 1 aromatic carbocycles. The predicted molar refractivity (Wildman–Crippen MR) is 78.6 cm³/mol. The first kappa shape index (κ1) is 21.7. The molecule has 0 saturated heterocycles. The van der Waals surface area contributed by atoms with Crippen LogP contribution in [0.2, 0.25) is 0 Å². The van der Waals surface area contributed by atoms with Gasteiger partial charge in [-0.05, 0) is 12.5 Å². The fourth-order valence-electron chi connectivity index (χ4n) is 1.64. The Morgan fingerprint density at radius 1 is 1.30 bits per heavy atom. The summed E-state index contributed by atoms with van der Waals surface area (Å²) in [6.07, 6.45) is -0.830. The average molecular weight is 396 g/mol. The Hall–Kier alpha value is -1.35. The van der Waals surface area contributed by atoms with Gasteiger partial charge in [0.1, 0.15) is 6.61 Å². The van der Waals surface area contributed by atoms with Crippen molar-refractivity contribution in [2.24, 2.45) is 5.73 Å². The first-order valence-corrected chi connectivity index (χ1v) is 8.01. The molecule has 0 bridgehead atoms. The van der Waals surface area contributed by atoms with Gasteiger partial charge in [0.2, 0.25) is 0 Å². The molecule has 4 N–H and O–H groups in total. The number of hydrogen-bond acceptors (Lipinski definition) is 6. The topological polar surface area (TPSA) is 136 Å². The third kappa shape index (κ3) is 8.75. The van der Waals surface area contributed by atoms with E-state index in [1.807, 2.05) is 6.07 Å². The first-order chi connectivity index (χ1) is 10.2. The fourth-order valence-corrected chi connectivity index (χ4v) is 2.26. The van der Waals surface area contributed by atoms with Crippen molar-refractivity contribution >= 4 is 22.0 Å². The van der Waals surface area contributed by atoms with Crippen molar-refractivity contribution in [3.05, 3.63) is 35.9 Å². The molecular formula is C13H18N2O6SZn. The number of nitrogens with one attached hydrogen (secondary N) is 1. The van der Waals surface area contributed by atoms with Gasteiger partial charge < -0.3 is 15.8 Å². The Kier molecular flexibility index (Phi) is 9.15. The summed E-state index contributed by atoms with van der Waals surface area (Å²) in [4.78, 5) is 23.3. The second-order valence-electron chi connectivity index (χ2n) is 4.69. The Balaban J connectivity index is 0.00000484. The number of alkyl carbamates (subject to hydrolysis) is 1. The van der Waals surface area contributed by atoms with E-state index in [2.05, 4.69) is 5.32 Å². The molecule has 10 heteroatoms. The maximum atomic E-state index is 11.8. The van der Waals surface area contributed by atoms with Gasteiger partial charge in [-0.2, -0.15) is 8.42 Å². The normalized spacial score (nSPS) is 13.3. The molecule has 1 rings (SSSR count). The van der Waals surface area contributed by atoms with E-state index in [0.29, 0.717) is 0 Å². The molecule has 0 aromatic heterocycles. The molecule has 0 heterocycles. The van der Waals surface area contributed by atoms with E-state index in [1.54, 1.807) is 24.3 Å². The molecule has 2 atom stereocenters. The smallest absolute Gasteiger partial charge is 0.408 e. The van der Waals surface area contributed by atoms with Crippen molar-refractivity contribution in [2.75, 3.05) is 5.75 Å². The van der Waals surface area contributed by atoms with Crippen LogP contribution in [0.5, 0.6) is 0 Å². The Morgan fingerprint density at radius 2 is 1.87 bits per heavy atom. The zero-order valence-electron chi connectivity index (χ0n) is 12.6. The molecule has 1 amide bonds. The summed E-state index contributed by atoms with van der Waals surface area (Å²) in [5.74, 6) is -1.63. The second kappa shape index (κ2) is 9.72. The van der Waals surface area contributed by atoms with Gasteiger partial charge in [-0.15, -0.1) is 0 Å². The van der Waals surface area contributed by atoms with Gasteiger partial charge in [0, 0.05) is 19.5 Å². The number of carbonyl (C=O) groups is 2. The molecule has 0 aliphatic carbocycles. The van der Waals surface area contributed by atoms with Crippen LogP contribution < -0.4 is 11.1 Å². The van der Waals surface area contributed by atoms with Gasteiger partial charge in [-0.3, -0.25) is 9.35 Å². The number of ether oxygens (including phenoxy) is 1. The van der Waals surface area contributed by atoms with Crippen LogP contribution in [-0.2, 0) is 45.7 Å². The molecule has 0 aliphatic heterocycles. The first-order valence-electron chi connectivity index (χ1n) is 6.40. The van der Waals surface area contributed by atoms with Crippen LogP contribution in [-0.4, -0.2) is 42.7 Å². The molecule has 0 radical (unpaired) electrons. The number of rotatable bonds is 7. The largest absolute Gasteiger partial charge is 0.445 e. The van der Waals surface area contributed by atoms with Crippen LogP contribution in [0.15, 0.2) is 30.3 Å². The molecule has 0 saturated carbocycles. The molecule has 0 fully saturated rings. The van der Waals surface area contributed by atoms with E-state index >= 15 is 0 Å². The minimum absolute atomic E-state index is 0. The van der Waals surface area contributed by atoms with Gasteiger partial charge in [-0.1, -0.05) is 30.3 Å². The SMILES string of the molecule is CC(NC(=O)OCc1ccccc1)C(=O)C(N)CS(=O)(=O)O.[Zn]. The summed E-state index contributed by atoms with van der Waals surface area (Å²) in [7, 11) is -4.37. The van der Waals surface area contributed by atoms with Crippen molar-refractivity contribution in [3.8, 4) is 0 Å². The molecule has 1 aromatic rings. The van der Waals surface area contributed by atoms with Crippen molar-refractivity contribution in [1.82, 2.24) is 5.32 Å². The van der Waals surface area contributed by atoms with Gasteiger partial charge in [0.15, 0.2) is 5.78 Å². The van der Waals surface area contributed by atoms with Crippen LogP contribution >= 0.6 is 0 Å². The van der Waals surface area contributed by atoms with Crippen molar-refractivity contribution in [3.63, 3.8) is 0 Å². The minimum atomic E-state index is -4.37. The van der Waals surface area contributed by atoms with E-state index in [0.717, 1.165) is 5.56 Å². The van der Waals surface area contributed by atoms with E-state index in [-0.39, 0.29) is 26.1 Å². The molecule has 0 aliphatic rings. The van der Waals surface area contributed by atoms with Crippen LogP contribution in [0.4, 0.5) is 4.79 Å². The third-order valence-corrected chi connectivity index (χ3v) is 3.51. The number of Topliss-reactive ketones (excluding diaryl/α,β-unsaturated/α-hetero) is 1. The van der Waals surface area contributed by atoms with Gasteiger partial charge in [-0.25, -0.2) is 4.79 Å². The summed E-state index contributed by atoms with van der Waals surface area (Å²) >= 11 is 0. The summed E-state index contributed by atoms with van der Waals surface area (Å²) in [6.45, 7) is 1.38. The van der Waals surface area contributed by atoms with Crippen LogP contribution in [0, 0.1) is 0 Å². The summed E-state index contributed by atoms with van der Waals surface area (Å²) in [6, 6.07) is 6.46. The minimum Gasteiger partial charge on any atom is -0.445 e. The third-order valence-electron chi connectivity index (χ3n) is 2.73. The molecule has 124 valence electrons. The van der Waals surface area contributed by atoms with Gasteiger partial charge in [0.05, 0.1) is 17.8 Å². The van der Waals surface area contributed by atoms with E-state index in [1.165, 1.54) is 6.92 Å². The Morgan fingerprint density at radius 3 is 2.39 bits per heavy atom. The zero-order chi connectivity index (χ0) is 16.8. The molecular weight excluding hydrogens is 378 g/mol. The van der Waals surface area contributed by atoms with E-state index in [9.17, 15) is 18.0 Å². The molecule has 0 spiro atoms. The predicted octanol–water partition coefficient (Wildman–Crippen LogP) is 0.0830. The standard InChI is InChI=1S/C13H18N2O6S.Zn/c1-9(12(16)11(14)8-22(18,19)20)15-13(17)21-7-10-5-3-2-4-6-10;/h2-6,9,11H,7-8,14H2,1H3,(H,15,17)(H,18,19,20);. The number of carbonyl (C=O) groups excluding carboxylic acids is 2. The summed E-state index contributed by atoms with van der Waals surface area (Å²) < 4.78 is 34.9. The molecule has 2 unspecified atom stereocenters. The number of amides is 1. The van der Waals surface area contributed by atoms with Crippen LogP contribution in [0.3, 0.4) is 0 Å². The van der Waals surface area contributed by atoms with Crippen LogP contribution in [0.1, 0.15) is 12.5 Å². The molecule has 23 heavy (non-hydrogen) atoms. The maximum absolute atomic E-state index is 11.8. The Bertz CT molecular complexity index is 623. The van der Waals surface area contributed by atoms with E-state index < -0.39 is 39.8 Å². The second-order valence-corrected chi connectivity index (χ2v) is 6.18. The van der Waals surface area contributed by atoms with E-state index in [4.69, 9.17) is 15.0 Å². The number of hydrogen-bond donors (Lipinski definition) is 3. The average Bonchev–Trinajstić information content (AvgIpc) is 2.43. The quantitative estimate of drug-likeness (QED) is 0.439. The molecule has 8 nitrogen and oxygen atoms in total. The van der Waals surface area contributed by atoms with Gasteiger partial charge >= 0.3 is 6.09 Å². The van der Waals surface area contributed by atoms with Crippen molar-refractivity contribution in [1.29, 1.82) is 0 Å². The monoisotopic (exact) mass is 394 g/mol. The van der Waals surface area contributed by atoms with Crippen molar-refractivity contribution < 1.29 is 46.8 Å². The maximum Gasteiger partial charge on any atom is 0.408 e. The summed E-state index contributed by atoms with van der Waals surface area (Å²) in [5, 5.41) is 2.25. The Labute approximate surface area is 147 Å². The number of benzene rings is 1. The van der Waals surface area contributed by atoms with Crippen molar-refractivity contribution in [2.45, 2.75) is 25.6 Å².